The third kappa shape index (κ3) is 3.43. The van der Waals surface area contributed by atoms with E-state index in [1.54, 1.807) is 33.8 Å². The highest BCUT2D eigenvalue weighted by molar-refractivity contribution is 6.05. The highest BCUT2D eigenvalue weighted by atomic mass is 16.6. The van der Waals surface area contributed by atoms with Gasteiger partial charge in [-0.25, -0.2) is 9.69 Å². The minimum Gasteiger partial charge on any atom is -0.443 e. The Hall–Kier alpha value is -1.85. The van der Waals surface area contributed by atoms with Crippen LogP contribution in [0.25, 0.3) is 0 Å². The zero-order valence-electron chi connectivity index (χ0n) is 12.9. The number of nitrogens with zero attached hydrogens (tertiary/aromatic N) is 1. The van der Waals surface area contributed by atoms with E-state index in [-0.39, 0.29) is 17.7 Å². The first-order valence-electron chi connectivity index (χ1n) is 7.22. The molecule has 21 heavy (non-hydrogen) atoms. The zero-order valence-corrected chi connectivity index (χ0v) is 12.9. The topological polar surface area (TPSA) is 75.7 Å². The van der Waals surface area contributed by atoms with Crippen LogP contribution in [0.15, 0.2) is 11.6 Å². The van der Waals surface area contributed by atoms with Gasteiger partial charge in [0.05, 0.1) is 6.04 Å². The number of ether oxygens (including phenoxy) is 1. The molecule has 0 unspecified atom stereocenters. The second kappa shape index (κ2) is 5.50. The summed E-state index contributed by atoms with van der Waals surface area (Å²) in [6.45, 7) is 7.59. The maximum Gasteiger partial charge on any atom is 0.417 e. The Morgan fingerprint density at radius 3 is 2.62 bits per heavy atom. The van der Waals surface area contributed by atoms with E-state index in [2.05, 4.69) is 5.32 Å². The first kappa shape index (κ1) is 15.5. The Labute approximate surface area is 124 Å². The molecule has 2 atom stereocenters. The molecule has 116 valence electrons. The summed E-state index contributed by atoms with van der Waals surface area (Å²) < 4.78 is 5.29. The summed E-state index contributed by atoms with van der Waals surface area (Å²) in [4.78, 5) is 37.2. The van der Waals surface area contributed by atoms with Crippen LogP contribution in [0.2, 0.25) is 0 Å². The fourth-order valence-corrected chi connectivity index (χ4v) is 2.64. The molecular formula is C15H22N2O4. The quantitative estimate of drug-likeness (QED) is 0.839. The number of hydrogen-bond donors (Lipinski definition) is 1. The van der Waals surface area contributed by atoms with Crippen molar-refractivity contribution >= 4 is 17.9 Å². The Kier molecular flexibility index (Phi) is 4.07. The van der Waals surface area contributed by atoms with Crippen LogP contribution in [0.1, 0.15) is 40.5 Å². The van der Waals surface area contributed by atoms with Crippen molar-refractivity contribution in [2.75, 3.05) is 6.54 Å². The average molecular weight is 294 g/mol. The van der Waals surface area contributed by atoms with Gasteiger partial charge in [0, 0.05) is 18.0 Å². The molecule has 1 saturated heterocycles. The predicted molar refractivity (Wildman–Crippen MR) is 76.4 cm³/mol. The van der Waals surface area contributed by atoms with Gasteiger partial charge >= 0.3 is 6.09 Å². The van der Waals surface area contributed by atoms with Gasteiger partial charge in [-0.1, -0.05) is 6.08 Å². The van der Waals surface area contributed by atoms with Gasteiger partial charge in [-0.15, -0.1) is 0 Å². The fourth-order valence-electron chi connectivity index (χ4n) is 2.64. The molecule has 0 aromatic heterocycles. The smallest absolute Gasteiger partial charge is 0.417 e. The minimum atomic E-state index is -0.664. The number of carbonyl (C=O) groups excluding carboxylic acids is 3. The molecule has 0 bridgehead atoms. The van der Waals surface area contributed by atoms with Gasteiger partial charge in [-0.2, -0.15) is 0 Å². The van der Waals surface area contributed by atoms with Crippen molar-refractivity contribution in [2.24, 2.45) is 5.92 Å². The molecule has 0 aliphatic carbocycles. The highest BCUT2D eigenvalue weighted by Crippen LogP contribution is 2.27. The first-order valence-corrected chi connectivity index (χ1v) is 7.22. The summed E-state index contributed by atoms with van der Waals surface area (Å²) in [7, 11) is 0. The predicted octanol–water partition coefficient (Wildman–Crippen LogP) is 1.60. The van der Waals surface area contributed by atoms with E-state index >= 15 is 0 Å². The number of carbonyl (C=O) groups is 3. The number of imide groups is 1. The Morgan fingerprint density at radius 2 is 2.10 bits per heavy atom. The third-order valence-electron chi connectivity index (χ3n) is 3.61. The summed E-state index contributed by atoms with van der Waals surface area (Å²) >= 11 is 0. The molecule has 1 fully saturated rings. The lowest BCUT2D eigenvalue weighted by atomic mass is 9.98. The van der Waals surface area contributed by atoms with Crippen molar-refractivity contribution in [1.82, 2.24) is 10.2 Å². The molecule has 3 amide bonds. The largest absolute Gasteiger partial charge is 0.443 e. The zero-order chi connectivity index (χ0) is 15.8. The summed E-state index contributed by atoms with van der Waals surface area (Å²) in [6.07, 6.45) is 2.29. The maximum atomic E-state index is 12.2. The third-order valence-corrected chi connectivity index (χ3v) is 3.61. The minimum absolute atomic E-state index is 0.00968. The number of nitrogens with one attached hydrogen (secondary N) is 1. The van der Waals surface area contributed by atoms with E-state index in [4.69, 9.17) is 4.74 Å². The normalized spacial score (nSPS) is 25.9. The molecule has 6 heteroatoms. The molecule has 0 radical (unpaired) electrons. The maximum absolute atomic E-state index is 12.2. The number of amides is 3. The summed E-state index contributed by atoms with van der Waals surface area (Å²) in [5, 5.41) is 2.77. The van der Waals surface area contributed by atoms with Crippen molar-refractivity contribution in [2.45, 2.75) is 52.2 Å². The monoisotopic (exact) mass is 294 g/mol. The van der Waals surface area contributed by atoms with Crippen LogP contribution in [-0.2, 0) is 14.3 Å². The molecule has 6 nitrogen and oxygen atoms in total. The molecule has 0 spiro atoms. The van der Waals surface area contributed by atoms with Gasteiger partial charge in [-0.3, -0.25) is 9.59 Å². The van der Waals surface area contributed by atoms with Crippen LogP contribution >= 0.6 is 0 Å². The van der Waals surface area contributed by atoms with Crippen molar-refractivity contribution in [3.63, 3.8) is 0 Å². The summed E-state index contributed by atoms with van der Waals surface area (Å²) in [5.74, 6) is -0.507. The molecule has 0 aromatic carbocycles. The van der Waals surface area contributed by atoms with Crippen LogP contribution in [0.4, 0.5) is 4.79 Å². The van der Waals surface area contributed by atoms with Crippen LogP contribution < -0.4 is 5.32 Å². The van der Waals surface area contributed by atoms with Crippen molar-refractivity contribution in [3.8, 4) is 0 Å². The summed E-state index contributed by atoms with van der Waals surface area (Å²) in [6, 6.07) is -0.402. The Balaban J connectivity index is 2.12. The molecule has 2 heterocycles. The lowest BCUT2D eigenvalue weighted by Gasteiger charge is -2.28. The molecule has 2 aliphatic rings. The molecular weight excluding hydrogens is 272 g/mol. The van der Waals surface area contributed by atoms with E-state index in [9.17, 15) is 14.4 Å². The van der Waals surface area contributed by atoms with Crippen molar-refractivity contribution in [3.05, 3.63) is 11.6 Å². The SMILES string of the molecule is CC1=C[C@@H](C[C@H]2CCNC2=O)N(C(=O)OC(C)(C)C)C1=O. The molecule has 0 aromatic rings. The first-order chi connectivity index (χ1) is 9.69. The number of rotatable bonds is 2. The number of hydrogen-bond acceptors (Lipinski definition) is 4. The average Bonchev–Trinajstić information content (AvgIpc) is 2.83. The summed E-state index contributed by atoms with van der Waals surface area (Å²) in [5.41, 5.74) is -0.146. The van der Waals surface area contributed by atoms with Crippen LogP contribution in [-0.4, -0.2) is 41.0 Å². The molecule has 2 aliphatic heterocycles. The van der Waals surface area contributed by atoms with Crippen molar-refractivity contribution < 1.29 is 19.1 Å². The lowest BCUT2D eigenvalue weighted by Crippen LogP contribution is -2.44. The van der Waals surface area contributed by atoms with Gasteiger partial charge in [-0.05, 0) is 40.5 Å². The molecule has 1 N–H and O–H groups in total. The van der Waals surface area contributed by atoms with Crippen molar-refractivity contribution in [1.29, 1.82) is 0 Å². The van der Waals surface area contributed by atoms with Gasteiger partial charge < -0.3 is 10.1 Å². The van der Waals surface area contributed by atoms with Crippen LogP contribution in [0.3, 0.4) is 0 Å². The van der Waals surface area contributed by atoms with E-state index in [0.29, 0.717) is 18.5 Å². The van der Waals surface area contributed by atoms with Gasteiger partial charge in [0.1, 0.15) is 5.60 Å². The standard InChI is InChI=1S/C15H22N2O4/c1-9-7-11(8-10-5-6-16-12(10)18)17(13(9)19)14(20)21-15(2,3)4/h7,10-11H,5-6,8H2,1-4H3,(H,16,18)/t10-,11+/m1/s1. The van der Waals surface area contributed by atoms with Gasteiger partial charge in [0.25, 0.3) is 5.91 Å². The second-order valence-corrected chi connectivity index (χ2v) is 6.58. The Bertz CT molecular complexity index is 504. The second-order valence-electron chi connectivity index (χ2n) is 6.58. The van der Waals surface area contributed by atoms with E-state index < -0.39 is 17.7 Å². The van der Waals surface area contributed by atoms with E-state index in [0.717, 1.165) is 11.3 Å². The van der Waals surface area contributed by atoms with E-state index in [1.807, 2.05) is 0 Å². The Morgan fingerprint density at radius 1 is 1.43 bits per heavy atom. The van der Waals surface area contributed by atoms with Gasteiger partial charge in [0.15, 0.2) is 0 Å². The van der Waals surface area contributed by atoms with Gasteiger partial charge in [0.2, 0.25) is 5.91 Å². The highest BCUT2D eigenvalue weighted by Gasteiger charge is 2.40. The van der Waals surface area contributed by atoms with Crippen LogP contribution in [0, 0.1) is 5.92 Å². The lowest BCUT2D eigenvalue weighted by molar-refractivity contribution is -0.128. The van der Waals surface area contributed by atoms with Crippen LogP contribution in [0.5, 0.6) is 0 Å². The molecule has 2 rings (SSSR count). The fraction of sp³-hybridized carbons (Fsp3) is 0.667. The molecule has 0 saturated carbocycles. The van der Waals surface area contributed by atoms with E-state index in [1.165, 1.54) is 0 Å².